The second kappa shape index (κ2) is 18.1. The molecule has 0 aromatic heterocycles. The van der Waals surface area contributed by atoms with Gasteiger partial charge < -0.3 is 4.74 Å². The van der Waals surface area contributed by atoms with Gasteiger partial charge in [0.1, 0.15) is 0 Å². The van der Waals surface area contributed by atoms with Crippen molar-refractivity contribution in [2.45, 2.75) is 122 Å². The van der Waals surface area contributed by atoms with Gasteiger partial charge in [-0.1, -0.05) is 113 Å². The number of halogens is 4. The molecular formula is C43H54F4O. The number of hydrogen-bond donors (Lipinski definition) is 0. The van der Waals surface area contributed by atoms with Gasteiger partial charge in [0.2, 0.25) is 5.82 Å². The van der Waals surface area contributed by atoms with Crippen LogP contribution in [0.4, 0.5) is 17.6 Å². The monoisotopic (exact) mass is 662 g/mol. The van der Waals surface area contributed by atoms with Crippen molar-refractivity contribution in [3.8, 4) is 28.0 Å². The van der Waals surface area contributed by atoms with Crippen molar-refractivity contribution in [2.75, 3.05) is 6.61 Å². The number of allylic oxidation sites excluding steroid dienone is 1. The van der Waals surface area contributed by atoms with E-state index in [9.17, 15) is 8.78 Å². The highest BCUT2D eigenvalue weighted by Crippen LogP contribution is 2.45. The second-order valence-corrected chi connectivity index (χ2v) is 14.3. The number of unbranched alkanes of at least 4 members (excludes halogenated alkanes) is 5. The maximum Gasteiger partial charge on any atom is 0.201 e. The molecule has 0 atom stereocenters. The molecule has 2 fully saturated rings. The van der Waals surface area contributed by atoms with Crippen molar-refractivity contribution in [3.63, 3.8) is 0 Å². The smallest absolute Gasteiger partial charge is 0.201 e. The first-order valence-corrected chi connectivity index (χ1v) is 18.7. The highest BCUT2D eigenvalue weighted by molar-refractivity contribution is 5.72. The Morgan fingerprint density at radius 3 is 1.81 bits per heavy atom. The van der Waals surface area contributed by atoms with Crippen molar-refractivity contribution in [3.05, 3.63) is 89.5 Å². The third kappa shape index (κ3) is 9.12. The van der Waals surface area contributed by atoms with E-state index >= 15 is 8.78 Å². The van der Waals surface area contributed by atoms with Crippen molar-refractivity contribution >= 4 is 0 Å². The lowest BCUT2D eigenvalue weighted by atomic mass is 9.68. The molecule has 0 heterocycles. The van der Waals surface area contributed by atoms with Crippen LogP contribution in [0.1, 0.15) is 128 Å². The Morgan fingerprint density at radius 2 is 1.19 bits per heavy atom. The van der Waals surface area contributed by atoms with Gasteiger partial charge in [0.25, 0.3) is 0 Å². The molecule has 1 nitrogen and oxygen atoms in total. The third-order valence-electron chi connectivity index (χ3n) is 11.2. The predicted molar refractivity (Wildman–Crippen MR) is 190 cm³/mol. The Labute approximate surface area is 286 Å². The van der Waals surface area contributed by atoms with Crippen LogP contribution in [0, 0.1) is 41.0 Å². The van der Waals surface area contributed by atoms with E-state index in [1.807, 2.05) is 19.1 Å². The predicted octanol–water partition coefficient (Wildman–Crippen LogP) is 13.8. The summed E-state index contributed by atoms with van der Waals surface area (Å²) in [5.41, 5.74) is 1.67. The van der Waals surface area contributed by atoms with Gasteiger partial charge in [-0.3, -0.25) is 0 Å². The van der Waals surface area contributed by atoms with Crippen LogP contribution < -0.4 is 4.74 Å². The normalized spacial score (nSPS) is 21.5. The Morgan fingerprint density at radius 1 is 0.625 bits per heavy atom. The topological polar surface area (TPSA) is 9.23 Å². The van der Waals surface area contributed by atoms with E-state index in [-0.39, 0.29) is 29.4 Å². The summed E-state index contributed by atoms with van der Waals surface area (Å²) in [7, 11) is 0. The lowest BCUT2D eigenvalue weighted by Crippen LogP contribution is -2.25. The quantitative estimate of drug-likeness (QED) is 0.0894. The molecule has 2 aliphatic rings. The molecule has 0 unspecified atom stereocenters. The van der Waals surface area contributed by atoms with Crippen LogP contribution in [0.25, 0.3) is 22.3 Å². The summed E-state index contributed by atoms with van der Waals surface area (Å²) in [4.78, 5) is 0. The minimum Gasteiger partial charge on any atom is -0.490 e. The van der Waals surface area contributed by atoms with Crippen LogP contribution in [-0.4, -0.2) is 6.61 Å². The van der Waals surface area contributed by atoms with Gasteiger partial charge in [-0.2, -0.15) is 4.39 Å². The average Bonchev–Trinajstić information content (AvgIpc) is 3.12. The maximum atomic E-state index is 15.5. The van der Waals surface area contributed by atoms with E-state index in [1.165, 1.54) is 82.8 Å². The summed E-state index contributed by atoms with van der Waals surface area (Å²) in [6.45, 7) is 4.40. The van der Waals surface area contributed by atoms with E-state index in [4.69, 9.17) is 4.74 Å². The molecule has 5 rings (SSSR count). The average molecular weight is 663 g/mol. The Bertz CT molecular complexity index is 1460. The largest absolute Gasteiger partial charge is 0.490 e. The molecule has 48 heavy (non-hydrogen) atoms. The van der Waals surface area contributed by atoms with E-state index in [0.717, 1.165) is 37.5 Å². The summed E-state index contributed by atoms with van der Waals surface area (Å²) in [5, 5.41) is 0. The Balaban J connectivity index is 1.14. The summed E-state index contributed by atoms with van der Waals surface area (Å²) >= 11 is 0. The third-order valence-corrected chi connectivity index (χ3v) is 11.2. The summed E-state index contributed by atoms with van der Waals surface area (Å²) in [5.74, 6) is -1.32. The lowest BCUT2D eigenvalue weighted by Gasteiger charge is -2.38. The minimum absolute atomic E-state index is 0.0455. The first-order chi connectivity index (χ1) is 23.4. The SMILES string of the molecule is C/C=C\CCOc1ccc(-c2ccc(-c3ccc(C4CCC(C5CCC(CCCCCCCC)CC5)CC4)c(F)c3F)cc2)c(F)c1F. The van der Waals surface area contributed by atoms with E-state index in [1.54, 1.807) is 36.4 Å². The number of rotatable bonds is 15. The molecule has 260 valence electrons. The Hall–Kier alpha value is -3.08. The van der Waals surface area contributed by atoms with Crippen LogP contribution in [-0.2, 0) is 0 Å². The van der Waals surface area contributed by atoms with Gasteiger partial charge in [0.05, 0.1) is 6.61 Å². The zero-order valence-electron chi connectivity index (χ0n) is 29.0. The molecule has 2 aliphatic carbocycles. The zero-order valence-corrected chi connectivity index (χ0v) is 29.0. The van der Waals surface area contributed by atoms with Gasteiger partial charge in [-0.25, -0.2) is 13.2 Å². The van der Waals surface area contributed by atoms with Crippen LogP contribution in [0.15, 0.2) is 60.7 Å². The number of ether oxygens (including phenoxy) is 1. The molecule has 0 aliphatic heterocycles. The molecule has 5 heteroatoms. The minimum atomic E-state index is -1.04. The summed E-state index contributed by atoms with van der Waals surface area (Å²) in [6, 6.07) is 12.8. The van der Waals surface area contributed by atoms with Gasteiger partial charge in [-0.05, 0) is 104 Å². The van der Waals surface area contributed by atoms with Gasteiger partial charge in [0.15, 0.2) is 23.2 Å². The van der Waals surface area contributed by atoms with Crippen molar-refractivity contribution in [1.82, 2.24) is 0 Å². The molecular weight excluding hydrogens is 608 g/mol. The summed E-state index contributed by atoms with van der Waals surface area (Å²) in [6.07, 6.45) is 23.4. The summed E-state index contributed by atoms with van der Waals surface area (Å²) < 4.78 is 66.0. The first kappa shape index (κ1) is 36.2. The van der Waals surface area contributed by atoms with E-state index in [2.05, 4.69) is 6.92 Å². The molecule has 0 N–H and O–H groups in total. The zero-order chi connectivity index (χ0) is 33.9. The second-order valence-electron chi connectivity index (χ2n) is 14.3. The van der Waals surface area contributed by atoms with Gasteiger partial charge in [-0.15, -0.1) is 0 Å². The van der Waals surface area contributed by atoms with Crippen molar-refractivity contribution in [1.29, 1.82) is 0 Å². The van der Waals surface area contributed by atoms with Crippen LogP contribution in [0.2, 0.25) is 0 Å². The number of hydrogen-bond acceptors (Lipinski definition) is 1. The molecule has 3 aromatic carbocycles. The first-order valence-electron chi connectivity index (χ1n) is 18.7. The molecule has 0 spiro atoms. The number of benzene rings is 3. The standard InChI is InChI=1S/C43H54F4O/c1-3-5-7-8-9-10-12-30-13-15-31(16-14-30)32-17-19-33(20-18-32)36-25-26-37(41(45)40(36)44)34-21-23-35(24-22-34)38-27-28-39(43(47)42(38)46)48-29-11-6-4-2/h4,6,21-28,30-33H,3,5,7-20,29H2,1-2H3/b6-4-. The lowest BCUT2D eigenvalue weighted by molar-refractivity contribution is 0.155. The van der Waals surface area contributed by atoms with Crippen LogP contribution in [0.5, 0.6) is 5.75 Å². The fraction of sp³-hybridized carbons (Fsp3) is 0.535. The molecule has 0 saturated heterocycles. The molecule has 0 amide bonds. The fourth-order valence-corrected chi connectivity index (χ4v) is 8.27. The van der Waals surface area contributed by atoms with E-state index in [0.29, 0.717) is 29.0 Å². The van der Waals surface area contributed by atoms with Crippen molar-refractivity contribution in [2.24, 2.45) is 17.8 Å². The van der Waals surface area contributed by atoms with Gasteiger partial charge in [0, 0.05) is 11.1 Å². The maximum absolute atomic E-state index is 15.5. The highest BCUT2D eigenvalue weighted by Gasteiger charge is 2.32. The fourth-order valence-electron chi connectivity index (χ4n) is 8.27. The molecule has 0 bridgehead atoms. The van der Waals surface area contributed by atoms with Crippen LogP contribution >= 0.6 is 0 Å². The Kier molecular flexibility index (Phi) is 13.6. The van der Waals surface area contributed by atoms with Gasteiger partial charge >= 0.3 is 0 Å². The van der Waals surface area contributed by atoms with Crippen molar-refractivity contribution < 1.29 is 22.3 Å². The van der Waals surface area contributed by atoms with E-state index < -0.39 is 23.3 Å². The molecule has 0 radical (unpaired) electrons. The highest BCUT2D eigenvalue weighted by atomic mass is 19.2. The van der Waals surface area contributed by atoms with Crippen LogP contribution in [0.3, 0.4) is 0 Å². The molecule has 2 saturated carbocycles. The molecule has 3 aromatic rings.